The van der Waals surface area contributed by atoms with Gasteiger partial charge >= 0.3 is 6.18 Å². The second-order valence-corrected chi connectivity index (χ2v) is 3.83. The van der Waals surface area contributed by atoms with Crippen LogP contribution in [-0.2, 0) is 6.18 Å². The van der Waals surface area contributed by atoms with Crippen molar-refractivity contribution in [1.29, 1.82) is 0 Å². The van der Waals surface area contributed by atoms with Gasteiger partial charge in [0.2, 0.25) is 0 Å². The monoisotopic (exact) mass is 293 g/mol. The van der Waals surface area contributed by atoms with Gasteiger partial charge in [-0.3, -0.25) is 20.2 Å². The molecule has 0 aromatic heterocycles. The van der Waals surface area contributed by atoms with Crippen LogP contribution in [0.15, 0.2) is 12.1 Å². The van der Waals surface area contributed by atoms with E-state index in [-0.39, 0.29) is 12.6 Å². The minimum absolute atomic E-state index is 0.0712. The number of hydrogen-bond donors (Lipinski definition) is 1. The maximum Gasteiger partial charge on any atom is 0.418 e. The van der Waals surface area contributed by atoms with Crippen LogP contribution in [0.1, 0.15) is 18.9 Å². The van der Waals surface area contributed by atoms with Gasteiger partial charge in [0.1, 0.15) is 5.69 Å². The lowest BCUT2D eigenvalue weighted by molar-refractivity contribution is -0.394. The van der Waals surface area contributed by atoms with E-state index in [1.165, 1.54) is 0 Å². The maximum atomic E-state index is 12.9. The molecule has 7 nitrogen and oxygen atoms in total. The van der Waals surface area contributed by atoms with Crippen molar-refractivity contribution >= 4 is 17.1 Å². The van der Waals surface area contributed by atoms with Crippen LogP contribution in [0.25, 0.3) is 0 Å². The fourth-order valence-corrected chi connectivity index (χ4v) is 1.52. The topological polar surface area (TPSA) is 98.3 Å². The molecule has 1 aromatic rings. The van der Waals surface area contributed by atoms with E-state index in [9.17, 15) is 33.4 Å². The molecule has 20 heavy (non-hydrogen) atoms. The highest BCUT2D eigenvalue weighted by molar-refractivity contribution is 5.71. The Bertz CT molecular complexity index is 545. The molecule has 10 heteroatoms. The lowest BCUT2D eigenvalue weighted by Gasteiger charge is -2.14. The van der Waals surface area contributed by atoms with Crippen molar-refractivity contribution in [1.82, 2.24) is 0 Å². The summed E-state index contributed by atoms with van der Waals surface area (Å²) in [5, 5.41) is 23.7. The lowest BCUT2D eigenvalue weighted by atomic mass is 10.1. The number of nitro benzene ring substituents is 2. The first-order chi connectivity index (χ1) is 9.18. The van der Waals surface area contributed by atoms with Gasteiger partial charge in [-0.2, -0.15) is 13.2 Å². The van der Waals surface area contributed by atoms with Gasteiger partial charge in [-0.1, -0.05) is 6.92 Å². The number of non-ortho nitro benzene ring substituents is 1. The van der Waals surface area contributed by atoms with Crippen molar-refractivity contribution in [3.05, 3.63) is 37.9 Å². The second kappa shape index (κ2) is 5.72. The number of alkyl halides is 3. The second-order valence-electron chi connectivity index (χ2n) is 3.83. The fraction of sp³-hybridized carbons (Fsp3) is 0.400. The molecule has 1 aromatic carbocycles. The zero-order valence-corrected chi connectivity index (χ0v) is 10.2. The molecule has 0 bridgehead atoms. The molecule has 0 heterocycles. The Kier molecular flexibility index (Phi) is 4.48. The molecular formula is C10H10F3N3O4. The normalized spacial score (nSPS) is 11.2. The Morgan fingerprint density at radius 1 is 1.20 bits per heavy atom. The van der Waals surface area contributed by atoms with Gasteiger partial charge in [0, 0.05) is 12.6 Å². The summed E-state index contributed by atoms with van der Waals surface area (Å²) in [7, 11) is 0. The third-order valence-corrected chi connectivity index (χ3v) is 2.37. The zero-order valence-electron chi connectivity index (χ0n) is 10.2. The number of nitrogens with one attached hydrogen (secondary N) is 1. The zero-order chi connectivity index (χ0) is 15.5. The highest BCUT2D eigenvalue weighted by Crippen LogP contribution is 2.42. The van der Waals surface area contributed by atoms with Crippen molar-refractivity contribution in [3.63, 3.8) is 0 Å². The molecular weight excluding hydrogens is 283 g/mol. The smallest absolute Gasteiger partial charge is 0.379 e. The first kappa shape index (κ1) is 15.7. The van der Waals surface area contributed by atoms with E-state index in [2.05, 4.69) is 5.32 Å². The largest absolute Gasteiger partial charge is 0.418 e. The summed E-state index contributed by atoms with van der Waals surface area (Å²) in [6.45, 7) is 1.74. The van der Waals surface area contributed by atoms with E-state index in [0.717, 1.165) is 0 Å². The Hall–Kier alpha value is -2.39. The van der Waals surface area contributed by atoms with E-state index in [4.69, 9.17) is 0 Å². The molecule has 0 atom stereocenters. The van der Waals surface area contributed by atoms with Crippen LogP contribution in [0.2, 0.25) is 0 Å². The van der Waals surface area contributed by atoms with Crippen LogP contribution < -0.4 is 5.32 Å². The molecule has 0 fully saturated rings. The summed E-state index contributed by atoms with van der Waals surface area (Å²) in [5.74, 6) is 0. The minimum atomic E-state index is -4.94. The highest BCUT2D eigenvalue weighted by Gasteiger charge is 2.39. The molecule has 0 saturated carbocycles. The predicted octanol–water partition coefficient (Wildman–Crippen LogP) is 3.34. The van der Waals surface area contributed by atoms with Gasteiger partial charge in [0.15, 0.2) is 0 Å². The van der Waals surface area contributed by atoms with Gasteiger partial charge in [-0.25, -0.2) is 0 Å². The van der Waals surface area contributed by atoms with E-state index in [1.54, 1.807) is 6.92 Å². The molecule has 0 aliphatic carbocycles. The SMILES string of the molecule is CCCNc1c([N+](=O)[O-])cc([N+](=O)[O-])cc1C(F)(F)F. The van der Waals surface area contributed by atoms with Gasteiger partial charge in [0.05, 0.1) is 21.5 Å². The van der Waals surface area contributed by atoms with Crippen molar-refractivity contribution in [3.8, 4) is 0 Å². The Balaban J connectivity index is 3.58. The van der Waals surface area contributed by atoms with E-state index >= 15 is 0 Å². The number of rotatable bonds is 5. The summed E-state index contributed by atoms with van der Waals surface area (Å²) in [6.07, 6.45) is -4.50. The van der Waals surface area contributed by atoms with Gasteiger partial charge in [-0.15, -0.1) is 0 Å². The number of anilines is 1. The van der Waals surface area contributed by atoms with Crippen molar-refractivity contribution in [2.75, 3.05) is 11.9 Å². The van der Waals surface area contributed by atoms with Crippen LogP contribution in [0, 0.1) is 20.2 Å². The molecule has 0 radical (unpaired) electrons. The van der Waals surface area contributed by atoms with Crippen LogP contribution >= 0.6 is 0 Å². The Morgan fingerprint density at radius 2 is 1.80 bits per heavy atom. The van der Waals surface area contributed by atoms with Crippen LogP contribution in [0.4, 0.5) is 30.2 Å². The summed E-state index contributed by atoms with van der Waals surface area (Å²) < 4.78 is 38.6. The van der Waals surface area contributed by atoms with Gasteiger partial charge in [-0.05, 0) is 6.42 Å². The summed E-state index contributed by atoms with van der Waals surface area (Å²) >= 11 is 0. The molecule has 0 unspecified atom stereocenters. The lowest BCUT2D eigenvalue weighted by Crippen LogP contribution is -2.14. The Morgan fingerprint density at radius 3 is 2.20 bits per heavy atom. The average Bonchev–Trinajstić information content (AvgIpc) is 2.33. The van der Waals surface area contributed by atoms with Crippen LogP contribution in [0.3, 0.4) is 0 Å². The standard InChI is InChI=1S/C10H10F3N3O4/c1-2-3-14-9-7(10(11,12)13)4-6(15(17)18)5-8(9)16(19)20/h4-5,14H,2-3H2,1H3. The number of hydrogen-bond acceptors (Lipinski definition) is 5. The quantitative estimate of drug-likeness (QED) is 0.663. The third kappa shape index (κ3) is 3.33. The molecule has 0 amide bonds. The van der Waals surface area contributed by atoms with Crippen molar-refractivity contribution in [2.45, 2.75) is 19.5 Å². The summed E-state index contributed by atoms with van der Waals surface area (Å²) in [6, 6.07) is 0.790. The van der Waals surface area contributed by atoms with E-state index in [0.29, 0.717) is 12.5 Å². The number of nitrogens with zero attached hydrogens (tertiary/aromatic N) is 2. The molecule has 0 aliphatic heterocycles. The molecule has 110 valence electrons. The van der Waals surface area contributed by atoms with Crippen molar-refractivity contribution < 1.29 is 23.0 Å². The van der Waals surface area contributed by atoms with E-state index < -0.39 is 38.6 Å². The number of halogens is 3. The Labute approximate surface area is 110 Å². The van der Waals surface area contributed by atoms with Crippen LogP contribution in [0.5, 0.6) is 0 Å². The number of nitro groups is 2. The molecule has 1 N–H and O–H groups in total. The fourth-order valence-electron chi connectivity index (χ4n) is 1.52. The van der Waals surface area contributed by atoms with Crippen molar-refractivity contribution in [2.24, 2.45) is 0 Å². The molecule has 0 saturated heterocycles. The predicted molar refractivity (Wildman–Crippen MR) is 63.5 cm³/mol. The maximum absolute atomic E-state index is 12.9. The molecule has 1 rings (SSSR count). The van der Waals surface area contributed by atoms with Gasteiger partial charge in [0.25, 0.3) is 11.4 Å². The summed E-state index contributed by atoms with van der Waals surface area (Å²) in [5.41, 5.74) is -4.13. The average molecular weight is 293 g/mol. The third-order valence-electron chi connectivity index (χ3n) is 2.37. The highest BCUT2D eigenvalue weighted by atomic mass is 19.4. The summed E-state index contributed by atoms with van der Waals surface area (Å²) in [4.78, 5) is 19.2. The molecule has 0 aliphatic rings. The van der Waals surface area contributed by atoms with E-state index in [1.807, 2.05) is 0 Å². The molecule has 0 spiro atoms. The number of benzene rings is 1. The minimum Gasteiger partial charge on any atom is -0.379 e. The first-order valence-electron chi connectivity index (χ1n) is 5.46. The van der Waals surface area contributed by atoms with Gasteiger partial charge < -0.3 is 5.32 Å². The van der Waals surface area contributed by atoms with Crippen LogP contribution in [-0.4, -0.2) is 16.4 Å². The first-order valence-corrected chi connectivity index (χ1v) is 5.46.